The fourth-order valence-corrected chi connectivity index (χ4v) is 2.39. The van der Waals surface area contributed by atoms with Gasteiger partial charge in [0.15, 0.2) is 6.79 Å². The van der Waals surface area contributed by atoms with Gasteiger partial charge in [-0.05, 0) is 18.2 Å². The maximum atomic E-state index is 13.6. The van der Waals surface area contributed by atoms with E-state index >= 15 is 0 Å². The zero-order chi connectivity index (χ0) is 18.7. The summed E-state index contributed by atoms with van der Waals surface area (Å²) in [6.45, 7) is 0.128. The first-order valence-corrected chi connectivity index (χ1v) is 7.40. The van der Waals surface area contributed by atoms with E-state index in [0.717, 1.165) is 18.2 Å². The van der Waals surface area contributed by atoms with Gasteiger partial charge in [-0.25, -0.2) is 8.78 Å². The van der Waals surface area contributed by atoms with Crippen LogP contribution in [0.3, 0.4) is 0 Å². The third kappa shape index (κ3) is 3.83. The van der Waals surface area contributed by atoms with Crippen molar-refractivity contribution in [3.8, 4) is 5.75 Å². The van der Waals surface area contributed by atoms with Crippen molar-refractivity contribution in [3.63, 3.8) is 0 Å². The highest BCUT2D eigenvalue weighted by molar-refractivity contribution is 6.02. The van der Waals surface area contributed by atoms with E-state index in [-0.39, 0.29) is 24.8 Å². The van der Waals surface area contributed by atoms with Gasteiger partial charge in [0, 0.05) is 35.4 Å². The van der Waals surface area contributed by atoms with Gasteiger partial charge in [0.25, 0.3) is 5.69 Å². The lowest BCUT2D eigenvalue weighted by atomic mass is 10.1. The molecule has 2 aromatic carbocycles. The minimum atomic E-state index is -0.917. The van der Waals surface area contributed by atoms with Gasteiger partial charge in [-0.1, -0.05) is 0 Å². The maximum absolute atomic E-state index is 13.6. The SMILES string of the molecule is O=C(/C=C/c1cc([N+](=O)[O-])cc2c1OCOC2)Nc1ccc(F)cc1F. The van der Waals surface area contributed by atoms with Crippen LogP contribution in [0.15, 0.2) is 36.4 Å². The summed E-state index contributed by atoms with van der Waals surface area (Å²) in [5.74, 6) is -2.00. The molecule has 0 bridgehead atoms. The monoisotopic (exact) mass is 362 g/mol. The van der Waals surface area contributed by atoms with E-state index in [4.69, 9.17) is 9.47 Å². The molecule has 0 saturated heterocycles. The van der Waals surface area contributed by atoms with Crippen LogP contribution < -0.4 is 10.1 Å². The second-order valence-electron chi connectivity index (χ2n) is 5.34. The molecule has 0 saturated carbocycles. The molecule has 0 radical (unpaired) electrons. The van der Waals surface area contributed by atoms with E-state index in [2.05, 4.69) is 5.32 Å². The van der Waals surface area contributed by atoms with Crippen molar-refractivity contribution in [1.82, 2.24) is 0 Å². The van der Waals surface area contributed by atoms with Crippen LogP contribution >= 0.6 is 0 Å². The lowest BCUT2D eigenvalue weighted by molar-refractivity contribution is -0.385. The zero-order valence-electron chi connectivity index (χ0n) is 13.2. The van der Waals surface area contributed by atoms with E-state index in [1.54, 1.807) is 0 Å². The van der Waals surface area contributed by atoms with Gasteiger partial charge >= 0.3 is 0 Å². The van der Waals surface area contributed by atoms with Crippen molar-refractivity contribution in [3.05, 3.63) is 69.3 Å². The number of nitro benzene ring substituents is 1. The van der Waals surface area contributed by atoms with Crippen molar-refractivity contribution < 1.29 is 28.0 Å². The number of nitrogens with zero attached hydrogens (tertiary/aromatic N) is 1. The van der Waals surface area contributed by atoms with Crippen LogP contribution in [0.25, 0.3) is 6.08 Å². The number of fused-ring (bicyclic) bond motifs is 1. The molecule has 1 amide bonds. The topological polar surface area (TPSA) is 90.7 Å². The number of amides is 1. The number of non-ortho nitro benzene ring substituents is 1. The zero-order valence-corrected chi connectivity index (χ0v) is 13.2. The second kappa shape index (κ2) is 7.28. The Balaban J connectivity index is 1.84. The molecular formula is C17H12F2N2O5. The molecule has 134 valence electrons. The number of ether oxygens (including phenoxy) is 2. The quantitative estimate of drug-likeness (QED) is 0.511. The number of carbonyl (C=O) groups is 1. The summed E-state index contributed by atoms with van der Waals surface area (Å²) in [7, 11) is 0. The molecule has 1 heterocycles. The Labute approximate surface area is 146 Å². The van der Waals surface area contributed by atoms with Gasteiger partial charge in [0.1, 0.15) is 17.4 Å². The largest absolute Gasteiger partial charge is 0.467 e. The number of hydrogen-bond donors (Lipinski definition) is 1. The Kier molecular flexibility index (Phi) is 4.90. The third-order valence-electron chi connectivity index (χ3n) is 3.54. The van der Waals surface area contributed by atoms with Gasteiger partial charge in [-0.3, -0.25) is 14.9 Å². The third-order valence-corrected chi connectivity index (χ3v) is 3.54. The summed E-state index contributed by atoms with van der Waals surface area (Å²) in [6.07, 6.45) is 2.38. The maximum Gasteiger partial charge on any atom is 0.270 e. The summed E-state index contributed by atoms with van der Waals surface area (Å²) in [5.41, 5.74) is 0.427. The van der Waals surface area contributed by atoms with Crippen molar-refractivity contribution in [1.29, 1.82) is 0 Å². The van der Waals surface area contributed by atoms with E-state index in [1.165, 1.54) is 18.2 Å². The lowest BCUT2D eigenvalue weighted by Crippen LogP contribution is -2.13. The van der Waals surface area contributed by atoms with Crippen LogP contribution in [0, 0.1) is 21.7 Å². The smallest absolute Gasteiger partial charge is 0.270 e. The van der Waals surface area contributed by atoms with Crippen LogP contribution in [-0.2, 0) is 16.1 Å². The number of anilines is 1. The molecule has 7 nitrogen and oxygen atoms in total. The summed E-state index contributed by atoms with van der Waals surface area (Å²) in [5, 5.41) is 13.3. The van der Waals surface area contributed by atoms with Gasteiger partial charge in [-0.2, -0.15) is 0 Å². The molecule has 1 N–H and O–H groups in total. The Morgan fingerprint density at radius 3 is 2.81 bits per heavy atom. The summed E-state index contributed by atoms with van der Waals surface area (Å²) < 4.78 is 36.9. The normalized spacial score (nSPS) is 13.2. The molecule has 26 heavy (non-hydrogen) atoms. The predicted molar refractivity (Wildman–Crippen MR) is 87.4 cm³/mol. The predicted octanol–water partition coefficient (Wildman–Crippen LogP) is 3.39. The molecule has 9 heteroatoms. The van der Waals surface area contributed by atoms with Crippen LogP contribution in [0.1, 0.15) is 11.1 Å². The average Bonchev–Trinajstić information content (AvgIpc) is 2.61. The van der Waals surface area contributed by atoms with Crippen LogP contribution in [0.5, 0.6) is 5.75 Å². The van der Waals surface area contributed by atoms with Crippen molar-refractivity contribution in [2.45, 2.75) is 6.61 Å². The number of hydrogen-bond acceptors (Lipinski definition) is 5. The first-order chi connectivity index (χ1) is 12.4. The average molecular weight is 362 g/mol. The van der Waals surface area contributed by atoms with Crippen LogP contribution in [0.2, 0.25) is 0 Å². The minimum absolute atomic E-state index is 0.0152. The van der Waals surface area contributed by atoms with Crippen molar-refractivity contribution in [2.24, 2.45) is 0 Å². The molecule has 0 spiro atoms. The lowest BCUT2D eigenvalue weighted by Gasteiger charge is -2.19. The molecule has 0 aliphatic carbocycles. The van der Waals surface area contributed by atoms with E-state index in [0.29, 0.717) is 22.9 Å². The van der Waals surface area contributed by atoms with Crippen LogP contribution in [0.4, 0.5) is 20.2 Å². The Hall–Kier alpha value is -3.33. The number of nitrogens with one attached hydrogen (secondary N) is 1. The Bertz CT molecular complexity index is 914. The first kappa shape index (κ1) is 17.5. The fourth-order valence-electron chi connectivity index (χ4n) is 2.39. The van der Waals surface area contributed by atoms with E-state index < -0.39 is 22.5 Å². The molecule has 0 unspecified atom stereocenters. The van der Waals surface area contributed by atoms with E-state index in [1.807, 2.05) is 0 Å². The summed E-state index contributed by atoms with van der Waals surface area (Å²) in [4.78, 5) is 22.4. The highest BCUT2D eigenvalue weighted by atomic mass is 19.1. The molecule has 0 atom stereocenters. The second-order valence-corrected chi connectivity index (χ2v) is 5.34. The molecule has 3 rings (SSSR count). The number of rotatable bonds is 4. The minimum Gasteiger partial charge on any atom is -0.467 e. The molecule has 2 aromatic rings. The fraction of sp³-hybridized carbons (Fsp3) is 0.118. The molecular weight excluding hydrogens is 350 g/mol. The Morgan fingerprint density at radius 1 is 1.27 bits per heavy atom. The van der Waals surface area contributed by atoms with E-state index in [9.17, 15) is 23.7 Å². The molecule has 1 aliphatic rings. The Morgan fingerprint density at radius 2 is 2.08 bits per heavy atom. The first-order valence-electron chi connectivity index (χ1n) is 7.40. The molecule has 1 aliphatic heterocycles. The molecule has 0 aromatic heterocycles. The van der Waals surface area contributed by atoms with Crippen molar-refractivity contribution in [2.75, 3.05) is 12.1 Å². The standard InChI is InChI=1S/C17H12F2N2O5/c18-12-2-3-15(14(19)7-12)20-16(22)4-1-10-5-13(21(23)24)6-11-8-25-9-26-17(10)11/h1-7H,8-9H2,(H,20,22)/b4-1+. The van der Waals surface area contributed by atoms with Gasteiger partial charge in [-0.15, -0.1) is 0 Å². The van der Waals surface area contributed by atoms with Crippen molar-refractivity contribution >= 4 is 23.4 Å². The number of halogens is 2. The molecule has 0 fully saturated rings. The number of nitro groups is 1. The highest BCUT2D eigenvalue weighted by Crippen LogP contribution is 2.33. The number of benzene rings is 2. The van der Waals surface area contributed by atoms with Gasteiger partial charge < -0.3 is 14.8 Å². The summed E-state index contributed by atoms with van der Waals surface area (Å²) >= 11 is 0. The summed E-state index contributed by atoms with van der Waals surface area (Å²) in [6, 6.07) is 5.33. The highest BCUT2D eigenvalue weighted by Gasteiger charge is 2.19. The van der Waals surface area contributed by atoms with Gasteiger partial charge in [0.05, 0.1) is 17.2 Å². The van der Waals surface area contributed by atoms with Crippen LogP contribution in [-0.4, -0.2) is 17.6 Å². The number of carbonyl (C=O) groups excluding carboxylic acids is 1. The van der Waals surface area contributed by atoms with Gasteiger partial charge in [0.2, 0.25) is 5.91 Å².